The van der Waals surface area contributed by atoms with E-state index in [-0.39, 0.29) is 30.9 Å². The number of aromatic nitrogens is 1. The number of hydrogen-bond acceptors (Lipinski definition) is 5. The quantitative estimate of drug-likeness (QED) is 0.328. The van der Waals surface area contributed by atoms with Crippen LogP contribution in [0.15, 0.2) is 83.8 Å². The van der Waals surface area contributed by atoms with Crippen LogP contribution < -0.4 is 10.7 Å². The van der Waals surface area contributed by atoms with Gasteiger partial charge in [0.25, 0.3) is 0 Å². The summed E-state index contributed by atoms with van der Waals surface area (Å²) >= 11 is 0. The van der Waals surface area contributed by atoms with Crippen LogP contribution in [-0.2, 0) is 4.74 Å². The zero-order valence-corrected chi connectivity index (χ0v) is 19.0. The number of alkyl carbamates (subject to hydrolysis) is 1. The second-order valence-corrected chi connectivity index (χ2v) is 8.70. The molecule has 0 radical (unpaired) electrons. The molecular formula is C28H26N2O5. The number of benzene rings is 3. The van der Waals surface area contributed by atoms with Crippen molar-refractivity contribution in [3.63, 3.8) is 0 Å². The van der Waals surface area contributed by atoms with E-state index in [1.165, 1.54) is 12.3 Å². The molecule has 4 N–H and O–H groups in total. The SMILES string of the molecule is O=C(NCCC(O)C(O)c1ccc2c(=O)cc[nH]c2c1)OCC1c2ccccc2-c2ccccc21. The minimum atomic E-state index is -1.16. The average Bonchev–Trinajstić information content (AvgIpc) is 3.20. The minimum Gasteiger partial charge on any atom is -0.449 e. The summed E-state index contributed by atoms with van der Waals surface area (Å²) in [6, 6.07) is 22.6. The lowest BCUT2D eigenvalue weighted by Crippen LogP contribution is -2.30. The molecule has 0 fully saturated rings. The number of carbonyl (C=O) groups excluding carboxylic acids is 1. The minimum absolute atomic E-state index is 0.0279. The summed E-state index contributed by atoms with van der Waals surface area (Å²) in [5, 5.41) is 24.1. The molecule has 7 heteroatoms. The molecule has 5 rings (SSSR count). The third kappa shape index (κ3) is 4.56. The number of fused-ring (bicyclic) bond motifs is 4. The van der Waals surface area contributed by atoms with Crippen molar-refractivity contribution in [1.29, 1.82) is 0 Å². The topological polar surface area (TPSA) is 112 Å². The molecule has 1 heterocycles. The van der Waals surface area contributed by atoms with Gasteiger partial charge in [0.2, 0.25) is 0 Å². The third-order valence-electron chi connectivity index (χ3n) is 6.54. The normalized spacial score (nSPS) is 14.2. The standard InChI is InChI=1S/C28H26N2O5/c31-25-11-13-29-24-15-17(9-10-22(24)25)27(33)26(32)12-14-30-28(34)35-16-23-20-7-3-1-5-18(20)19-6-2-4-8-21(19)23/h1-11,13,15,23,26-27,32-33H,12,14,16H2,(H,29,31)(H,30,34). The Balaban J connectivity index is 1.14. The van der Waals surface area contributed by atoms with Crippen LogP contribution in [-0.4, -0.2) is 40.5 Å². The molecule has 4 aromatic rings. The first kappa shape index (κ1) is 22.8. The maximum Gasteiger partial charge on any atom is 0.407 e. The molecule has 1 aromatic heterocycles. The first-order valence-electron chi connectivity index (χ1n) is 11.6. The smallest absolute Gasteiger partial charge is 0.407 e. The molecular weight excluding hydrogens is 444 g/mol. The van der Waals surface area contributed by atoms with Crippen molar-refractivity contribution < 1.29 is 19.7 Å². The van der Waals surface area contributed by atoms with Gasteiger partial charge in [-0.25, -0.2) is 4.79 Å². The summed E-state index contributed by atoms with van der Waals surface area (Å²) in [6.07, 6.45) is -1.16. The Bertz CT molecular complexity index is 1380. The van der Waals surface area contributed by atoms with Gasteiger partial charge in [-0.15, -0.1) is 0 Å². The zero-order valence-electron chi connectivity index (χ0n) is 19.0. The maximum atomic E-state index is 12.3. The van der Waals surface area contributed by atoms with E-state index in [1.807, 2.05) is 24.3 Å². The third-order valence-corrected chi connectivity index (χ3v) is 6.54. The van der Waals surface area contributed by atoms with E-state index < -0.39 is 18.3 Å². The van der Waals surface area contributed by atoms with Gasteiger partial charge in [0.15, 0.2) is 5.43 Å². The molecule has 1 amide bonds. The number of rotatable bonds is 7. The van der Waals surface area contributed by atoms with Crippen LogP contribution in [0.2, 0.25) is 0 Å². The fourth-order valence-corrected chi connectivity index (χ4v) is 4.73. The van der Waals surface area contributed by atoms with Crippen molar-refractivity contribution in [1.82, 2.24) is 10.3 Å². The molecule has 1 aliphatic carbocycles. The summed E-state index contributed by atoms with van der Waals surface area (Å²) in [6.45, 7) is 0.347. The summed E-state index contributed by atoms with van der Waals surface area (Å²) in [7, 11) is 0. The van der Waals surface area contributed by atoms with Crippen molar-refractivity contribution in [2.75, 3.05) is 13.2 Å². The lowest BCUT2D eigenvalue weighted by molar-refractivity contribution is 0.0137. The number of hydrogen-bond donors (Lipinski definition) is 4. The van der Waals surface area contributed by atoms with Gasteiger partial charge in [-0.3, -0.25) is 4.79 Å². The Morgan fingerprint density at radius 1 is 0.971 bits per heavy atom. The van der Waals surface area contributed by atoms with Crippen molar-refractivity contribution >= 4 is 17.0 Å². The van der Waals surface area contributed by atoms with E-state index in [2.05, 4.69) is 34.6 Å². The first-order valence-corrected chi connectivity index (χ1v) is 11.6. The van der Waals surface area contributed by atoms with Crippen LogP contribution in [0.4, 0.5) is 4.79 Å². The molecule has 7 nitrogen and oxygen atoms in total. The number of H-pyrrole nitrogens is 1. The van der Waals surface area contributed by atoms with E-state index in [4.69, 9.17) is 4.74 Å². The Morgan fingerprint density at radius 3 is 2.37 bits per heavy atom. The van der Waals surface area contributed by atoms with E-state index in [0.29, 0.717) is 16.5 Å². The second-order valence-electron chi connectivity index (χ2n) is 8.70. The number of nitrogens with one attached hydrogen (secondary N) is 2. The Hall–Kier alpha value is -3.94. The molecule has 178 valence electrons. The van der Waals surface area contributed by atoms with Crippen molar-refractivity contribution in [2.45, 2.75) is 24.5 Å². The van der Waals surface area contributed by atoms with Crippen molar-refractivity contribution in [2.24, 2.45) is 0 Å². The fraction of sp³-hybridized carbons (Fsp3) is 0.214. The van der Waals surface area contributed by atoms with Crippen LogP contribution in [0.1, 0.15) is 35.1 Å². The number of aliphatic hydroxyl groups excluding tert-OH is 2. The molecule has 0 spiro atoms. The van der Waals surface area contributed by atoms with Crippen molar-refractivity contribution in [3.8, 4) is 11.1 Å². The van der Waals surface area contributed by atoms with Gasteiger partial charge in [0.05, 0.1) is 6.10 Å². The Morgan fingerprint density at radius 2 is 1.66 bits per heavy atom. The zero-order chi connectivity index (χ0) is 24.4. The highest BCUT2D eigenvalue weighted by molar-refractivity contribution is 5.79. The number of aliphatic hydroxyl groups is 2. The summed E-state index contributed by atoms with van der Waals surface area (Å²) in [4.78, 5) is 27.2. The molecule has 2 atom stereocenters. The highest BCUT2D eigenvalue weighted by atomic mass is 16.5. The lowest BCUT2D eigenvalue weighted by atomic mass is 9.98. The largest absolute Gasteiger partial charge is 0.449 e. The Kier molecular flexibility index (Phi) is 6.35. The van der Waals surface area contributed by atoms with E-state index >= 15 is 0 Å². The summed E-state index contributed by atoms with van der Waals surface area (Å²) in [5.74, 6) is -0.0279. The van der Waals surface area contributed by atoms with E-state index in [9.17, 15) is 19.8 Å². The predicted molar refractivity (Wildman–Crippen MR) is 133 cm³/mol. The number of ether oxygens (including phenoxy) is 1. The number of amides is 1. The maximum absolute atomic E-state index is 12.3. The predicted octanol–water partition coefficient (Wildman–Crippen LogP) is 3.85. The van der Waals surface area contributed by atoms with Crippen LogP contribution in [0.5, 0.6) is 0 Å². The van der Waals surface area contributed by atoms with E-state index in [0.717, 1.165) is 22.3 Å². The molecule has 0 saturated carbocycles. The van der Waals surface area contributed by atoms with Gasteiger partial charge in [-0.05, 0) is 46.4 Å². The van der Waals surface area contributed by atoms with Gasteiger partial charge in [-0.2, -0.15) is 0 Å². The van der Waals surface area contributed by atoms with Crippen LogP contribution in [0.25, 0.3) is 22.0 Å². The van der Waals surface area contributed by atoms with Crippen LogP contribution in [0, 0.1) is 0 Å². The number of carbonyl (C=O) groups is 1. The molecule has 0 bridgehead atoms. The molecule has 0 aliphatic heterocycles. The molecule has 2 unspecified atom stereocenters. The van der Waals surface area contributed by atoms with Gasteiger partial charge in [-0.1, -0.05) is 54.6 Å². The fourth-order valence-electron chi connectivity index (χ4n) is 4.73. The van der Waals surface area contributed by atoms with Gasteiger partial charge in [0.1, 0.15) is 12.7 Å². The highest BCUT2D eigenvalue weighted by Crippen LogP contribution is 2.44. The monoisotopic (exact) mass is 470 g/mol. The van der Waals surface area contributed by atoms with Gasteiger partial charge >= 0.3 is 6.09 Å². The summed E-state index contributed by atoms with van der Waals surface area (Å²) < 4.78 is 5.50. The average molecular weight is 471 g/mol. The van der Waals surface area contributed by atoms with Gasteiger partial charge < -0.3 is 25.3 Å². The van der Waals surface area contributed by atoms with Crippen LogP contribution in [0.3, 0.4) is 0 Å². The number of aromatic amines is 1. The highest BCUT2D eigenvalue weighted by Gasteiger charge is 2.29. The lowest BCUT2D eigenvalue weighted by Gasteiger charge is -2.19. The first-order chi connectivity index (χ1) is 17.0. The molecule has 35 heavy (non-hydrogen) atoms. The Labute approximate surface area is 202 Å². The second kappa shape index (κ2) is 9.74. The molecule has 0 saturated heterocycles. The van der Waals surface area contributed by atoms with Gasteiger partial charge in [0, 0.05) is 35.6 Å². The van der Waals surface area contributed by atoms with Crippen LogP contribution >= 0.6 is 0 Å². The summed E-state index contributed by atoms with van der Waals surface area (Å²) in [5.41, 5.74) is 5.53. The van der Waals surface area contributed by atoms with Crippen molar-refractivity contribution in [3.05, 3.63) is 106 Å². The van der Waals surface area contributed by atoms with E-state index in [1.54, 1.807) is 18.2 Å². The number of pyridine rings is 1. The molecule has 3 aromatic carbocycles. The molecule has 1 aliphatic rings.